The summed E-state index contributed by atoms with van der Waals surface area (Å²) in [6.45, 7) is 0.232. The lowest BCUT2D eigenvalue weighted by atomic mass is 10.0. The minimum atomic E-state index is -1.23. The van der Waals surface area contributed by atoms with E-state index in [1.807, 2.05) is 54.6 Å². The normalized spacial score (nSPS) is 16.9. The lowest BCUT2D eigenvalue weighted by Gasteiger charge is -2.30. The van der Waals surface area contributed by atoms with E-state index in [2.05, 4.69) is 15.6 Å². The quantitative estimate of drug-likeness (QED) is 0.171. The highest BCUT2D eigenvalue weighted by Crippen LogP contribution is 2.22. The van der Waals surface area contributed by atoms with Gasteiger partial charge in [-0.25, -0.2) is 4.79 Å². The number of primary amides is 1. The number of fused-ring (bicyclic) bond motifs is 1. The van der Waals surface area contributed by atoms with Gasteiger partial charge in [0.05, 0.1) is 6.04 Å². The molecule has 12 heteroatoms. The summed E-state index contributed by atoms with van der Waals surface area (Å²) in [6.07, 6.45) is 2.59. The molecule has 1 saturated heterocycles. The molecule has 8 N–H and O–H groups in total. The minimum Gasteiger partial charge on any atom is -0.480 e. The third-order valence-electron chi connectivity index (χ3n) is 7.48. The Kier molecular flexibility index (Phi) is 9.92. The number of carboxylic acid groups (broad SMARTS) is 1. The average Bonchev–Trinajstić information content (AvgIpc) is 3.62. The van der Waals surface area contributed by atoms with Crippen molar-refractivity contribution in [2.24, 2.45) is 11.5 Å². The van der Waals surface area contributed by atoms with E-state index < -0.39 is 53.8 Å². The molecule has 4 amide bonds. The second-order valence-corrected chi connectivity index (χ2v) is 10.5. The van der Waals surface area contributed by atoms with Gasteiger partial charge in [0.2, 0.25) is 23.6 Å². The summed E-state index contributed by atoms with van der Waals surface area (Å²) in [6, 6.07) is 12.4. The molecule has 1 aliphatic rings. The van der Waals surface area contributed by atoms with Crippen LogP contribution in [0.5, 0.6) is 0 Å². The van der Waals surface area contributed by atoms with Gasteiger partial charge in [0.15, 0.2) is 0 Å². The SMILES string of the molecule is NC(=O)CCC(NC(=O)C(N)Cc1ccccc1)C(=O)N1CCCC1C(=O)NC(Cc1c[nH]c2ccccc12)C(=O)O. The van der Waals surface area contributed by atoms with Gasteiger partial charge in [-0.05, 0) is 42.9 Å². The minimum absolute atomic E-state index is 0.0440. The number of nitrogens with zero attached hydrogens (tertiary/aromatic N) is 1. The van der Waals surface area contributed by atoms with Crippen molar-refractivity contribution in [3.05, 3.63) is 71.9 Å². The molecule has 2 heterocycles. The molecular weight excluding hydrogens is 540 g/mol. The van der Waals surface area contributed by atoms with Crippen molar-refractivity contribution in [1.82, 2.24) is 20.5 Å². The van der Waals surface area contributed by atoms with Crippen molar-refractivity contribution < 1.29 is 29.1 Å². The van der Waals surface area contributed by atoms with E-state index in [-0.39, 0.29) is 32.2 Å². The highest BCUT2D eigenvalue weighted by Gasteiger charge is 2.39. The number of likely N-dealkylation sites (tertiary alicyclic amines) is 1. The summed E-state index contributed by atoms with van der Waals surface area (Å²) in [7, 11) is 0. The fourth-order valence-corrected chi connectivity index (χ4v) is 5.28. The predicted molar refractivity (Wildman–Crippen MR) is 155 cm³/mol. The molecular formula is C30H36N6O6. The first-order chi connectivity index (χ1) is 20.1. The van der Waals surface area contributed by atoms with Gasteiger partial charge >= 0.3 is 5.97 Å². The highest BCUT2D eigenvalue weighted by molar-refractivity contribution is 5.95. The number of aromatic nitrogens is 1. The molecule has 0 spiro atoms. The number of aliphatic carboxylic acids is 1. The second-order valence-electron chi connectivity index (χ2n) is 10.5. The molecule has 2 aromatic carbocycles. The molecule has 1 aliphatic heterocycles. The second kappa shape index (κ2) is 13.8. The monoisotopic (exact) mass is 576 g/mol. The lowest BCUT2D eigenvalue weighted by molar-refractivity contribution is -0.145. The van der Waals surface area contributed by atoms with Crippen molar-refractivity contribution in [2.75, 3.05) is 6.54 Å². The third-order valence-corrected chi connectivity index (χ3v) is 7.48. The van der Waals surface area contributed by atoms with E-state index in [0.717, 1.165) is 22.0 Å². The lowest BCUT2D eigenvalue weighted by Crippen LogP contribution is -2.57. The van der Waals surface area contributed by atoms with E-state index in [9.17, 15) is 29.1 Å². The largest absolute Gasteiger partial charge is 0.480 e. The zero-order valence-electron chi connectivity index (χ0n) is 23.1. The number of carbonyl (C=O) groups is 5. The molecule has 0 aliphatic carbocycles. The Labute approximate surface area is 242 Å². The number of aromatic amines is 1. The van der Waals surface area contributed by atoms with Crippen LogP contribution in [0.2, 0.25) is 0 Å². The molecule has 1 fully saturated rings. The number of nitrogens with two attached hydrogens (primary N) is 2. The third kappa shape index (κ3) is 7.52. The van der Waals surface area contributed by atoms with E-state index in [4.69, 9.17) is 11.5 Å². The van der Waals surface area contributed by atoms with Crippen LogP contribution in [0.1, 0.15) is 36.8 Å². The first-order valence-electron chi connectivity index (χ1n) is 13.9. The molecule has 0 bridgehead atoms. The maximum atomic E-state index is 13.6. The van der Waals surface area contributed by atoms with Crippen LogP contribution in [0.15, 0.2) is 60.8 Å². The molecule has 222 valence electrons. The van der Waals surface area contributed by atoms with Gasteiger partial charge in [-0.15, -0.1) is 0 Å². The smallest absolute Gasteiger partial charge is 0.326 e. The van der Waals surface area contributed by atoms with Gasteiger partial charge in [-0.1, -0.05) is 48.5 Å². The molecule has 4 rings (SSSR count). The number of benzene rings is 2. The Morgan fingerprint density at radius 1 is 0.976 bits per heavy atom. The van der Waals surface area contributed by atoms with E-state index in [1.165, 1.54) is 4.90 Å². The van der Waals surface area contributed by atoms with Gasteiger partial charge in [0.25, 0.3) is 0 Å². The van der Waals surface area contributed by atoms with Crippen LogP contribution in [-0.2, 0) is 36.8 Å². The van der Waals surface area contributed by atoms with Crippen LogP contribution in [0.25, 0.3) is 10.9 Å². The van der Waals surface area contributed by atoms with Gasteiger partial charge in [-0.2, -0.15) is 0 Å². The number of carboxylic acids is 1. The number of rotatable bonds is 13. The summed E-state index contributed by atoms with van der Waals surface area (Å²) in [4.78, 5) is 67.9. The van der Waals surface area contributed by atoms with Crippen molar-refractivity contribution in [1.29, 1.82) is 0 Å². The first-order valence-corrected chi connectivity index (χ1v) is 13.9. The van der Waals surface area contributed by atoms with Crippen molar-refractivity contribution in [3.8, 4) is 0 Å². The molecule has 4 atom stereocenters. The summed E-state index contributed by atoms with van der Waals surface area (Å²) in [5, 5.41) is 16.0. The molecule has 12 nitrogen and oxygen atoms in total. The van der Waals surface area contributed by atoms with Crippen LogP contribution in [0.4, 0.5) is 0 Å². The summed E-state index contributed by atoms with van der Waals surface area (Å²) < 4.78 is 0. The molecule has 0 saturated carbocycles. The standard InChI is InChI=1S/C30H36N6O6/c31-21(15-18-7-2-1-3-8-18)27(38)34-23(12-13-26(32)37)29(40)36-14-6-11-25(36)28(39)35-24(30(41)42)16-19-17-33-22-10-5-4-9-20(19)22/h1-5,7-10,17,21,23-25,33H,6,11-16,31H2,(H2,32,37)(H,34,38)(H,35,39)(H,41,42). The predicted octanol–water partition coefficient (Wildman–Crippen LogP) is 0.591. The zero-order valence-corrected chi connectivity index (χ0v) is 23.1. The fourth-order valence-electron chi connectivity index (χ4n) is 5.28. The van der Waals surface area contributed by atoms with E-state index in [0.29, 0.717) is 12.8 Å². The summed E-state index contributed by atoms with van der Waals surface area (Å²) in [5.74, 6) is -3.59. The van der Waals surface area contributed by atoms with Gasteiger partial charge in [0.1, 0.15) is 18.1 Å². The Balaban J connectivity index is 1.44. The van der Waals surface area contributed by atoms with Crippen LogP contribution in [0.3, 0.4) is 0 Å². The van der Waals surface area contributed by atoms with Crippen LogP contribution in [0, 0.1) is 0 Å². The molecule has 1 aromatic heterocycles. The van der Waals surface area contributed by atoms with Gasteiger partial charge < -0.3 is 37.1 Å². The van der Waals surface area contributed by atoms with Gasteiger partial charge in [0, 0.05) is 36.5 Å². The Hall–Kier alpha value is -4.71. The fraction of sp³-hybridized carbons (Fsp3) is 0.367. The average molecular weight is 577 g/mol. The molecule has 4 unspecified atom stereocenters. The first kappa shape index (κ1) is 30.3. The number of carbonyl (C=O) groups excluding carboxylic acids is 4. The zero-order chi connectivity index (χ0) is 30.2. The van der Waals surface area contributed by atoms with Crippen LogP contribution < -0.4 is 22.1 Å². The Bertz CT molecular complexity index is 1440. The van der Waals surface area contributed by atoms with Gasteiger partial charge in [-0.3, -0.25) is 19.2 Å². The molecule has 3 aromatic rings. The molecule has 42 heavy (non-hydrogen) atoms. The maximum Gasteiger partial charge on any atom is 0.326 e. The van der Waals surface area contributed by atoms with Crippen LogP contribution in [-0.4, -0.2) is 75.3 Å². The maximum absolute atomic E-state index is 13.6. The van der Waals surface area contributed by atoms with Crippen molar-refractivity contribution in [3.63, 3.8) is 0 Å². The van der Waals surface area contributed by atoms with Crippen molar-refractivity contribution >= 4 is 40.5 Å². The number of hydrogen-bond acceptors (Lipinski definition) is 6. The van der Waals surface area contributed by atoms with E-state index in [1.54, 1.807) is 6.20 Å². The van der Waals surface area contributed by atoms with Crippen molar-refractivity contribution in [2.45, 2.75) is 62.7 Å². The number of amides is 4. The summed E-state index contributed by atoms with van der Waals surface area (Å²) in [5.41, 5.74) is 13.8. The Morgan fingerprint density at radius 3 is 2.40 bits per heavy atom. The number of para-hydroxylation sites is 1. The highest BCUT2D eigenvalue weighted by atomic mass is 16.4. The number of hydrogen-bond donors (Lipinski definition) is 6. The number of H-pyrrole nitrogens is 1. The van der Waals surface area contributed by atoms with Crippen LogP contribution >= 0.6 is 0 Å². The number of nitrogens with one attached hydrogen (secondary N) is 3. The Morgan fingerprint density at radius 2 is 1.69 bits per heavy atom. The topological polar surface area (TPSA) is 201 Å². The molecule has 0 radical (unpaired) electrons. The summed E-state index contributed by atoms with van der Waals surface area (Å²) >= 11 is 0. The van der Waals surface area contributed by atoms with E-state index >= 15 is 0 Å².